The van der Waals surface area contributed by atoms with Gasteiger partial charge in [0.05, 0.1) is 24.1 Å². The number of aryl methyl sites for hydroxylation is 1. The number of primary amides is 1. The van der Waals surface area contributed by atoms with Crippen LogP contribution < -0.4 is 20.6 Å². The first-order valence-corrected chi connectivity index (χ1v) is 11.9. The standard InChI is InChI=1S/C29H26N2O6/c1-17-3-12-23-22(15-17)27(33)25-26(19-6-10-21(11-7-19)36-16-24(30)32)31(29(34)28(25)37-23)14-13-18-4-8-20(35-2)9-5-18/h3-12,15,26H,13-14,16H2,1-2H3,(H2,30,32)/t26-/m0/s1. The second kappa shape index (κ2) is 9.81. The van der Waals surface area contributed by atoms with Gasteiger partial charge in [-0.15, -0.1) is 0 Å². The molecule has 1 aromatic heterocycles. The smallest absolute Gasteiger partial charge is 0.290 e. The largest absolute Gasteiger partial charge is 0.497 e. The van der Waals surface area contributed by atoms with Gasteiger partial charge in [-0.3, -0.25) is 14.4 Å². The highest BCUT2D eigenvalue weighted by Gasteiger charge is 2.42. The average molecular weight is 499 g/mol. The molecule has 1 aliphatic rings. The lowest BCUT2D eigenvalue weighted by atomic mass is 9.98. The molecule has 188 valence electrons. The Morgan fingerprint density at radius 3 is 2.38 bits per heavy atom. The van der Waals surface area contributed by atoms with Crippen LogP contribution in [0.5, 0.6) is 11.5 Å². The molecule has 0 bridgehead atoms. The van der Waals surface area contributed by atoms with Crippen LogP contribution in [-0.4, -0.2) is 37.0 Å². The summed E-state index contributed by atoms with van der Waals surface area (Å²) < 4.78 is 16.6. The molecule has 2 heterocycles. The molecule has 0 saturated carbocycles. The van der Waals surface area contributed by atoms with Crippen molar-refractivity contribution in [1.29, 1.82) is 0 Å². The summed E-state index contributed by atoms with van der Waals surface area (Å²) in [5.74, 6) is 0.362. The van der Waals surface area contributed by atoms with Crippen LogP contribution in [-0.2, 0) is 11.2 Å². The summed E-state index contributed by atoms with van der Waals surface area (Å²) in [5, 5.41) is 0.440. The second-order valence-corrected chi connectivity index (χ2v) is 9.00. The summed E-state index contributed by atoms with van der Waals surface area (Å²) in [6.45, 7) is 2.03. The lowest BCUT2D eigenvalue weighted by Gasteiger charge is -2.25. The van der Waals surface area contributed by atoms with E-state index in [1.807, 2.05) is 37.3 Å². The summed E-state index contributed by atoms with van der Waals surface area (Å²) in [6, 6.07) is 19.3. The molecule has 0 saturated heterocycles. The third kappa shape index (κ3) is 4.65. The van der Waals surface area contributed by atoms with Gasteiger partial charge in [-0.25, -0.2) is 0 Å². The molecule has 1 atom stereocenters. The predicted octanol–water partition coefficient (Wildman–Crippen LogP) is 3.76. The summed E-state index contributed by atoms with van der Waals surface area (Å²) in [4.78, 5) is 40.0. The SMILES string of the molecule is COc1ccc(CCN2C(=O)c3oc4ccc(C)cc4c(=O)c3[C@@H]2c2ccc(OCC(N)=O)cc2)cc1. The molecule has 1 aliphatic heterocycles. The molecule has 8 nitrogen and oxygen atoms in total. The van der Waals surface area contributed by atoms with E-state index in [1.54, 1.807) is 48.4 Å². The van der Waals surface area contributed by atoms with Crippen molar-refractivity contribution in [2.24, 2.45) is 5.73 Å². The van der Waals surface area contributed by atoms with Crippen molar-refractivity contribution in [3.8, 4) is 11.5 Å². The maximum atomic E-state index is 13.7. The van der Waals surface area contributed by atoms with Crippen molar-refractivity contribution >= 4 is 22.8 Å². The number of methoxy groups -OCH3 is 1. The molecule has 2 amide bonds. The number of rotatable bonds is 8. The van der Waals surface area contributed by atoms with Gasteiger partial charge in [-0.2, -0.15) is 0 Å². The zero-order chi connectivity index (χ0) is 26.1. The monoisotopic (exact) mass is 498 g/mol. The van der Waals surface area contributed by atoms with Gasteiger partial charge < -0.3 is 24.5 Å². The van der Waals surface area contributed by atoms with Crippen molar-refractivity contribution in [3.05, 3.63) is 105 Å². The van der Waals surface area contributed by atoms with E-state index in [9.17, 15) is 14.4 Å². The van der Waals surface area contributed by atoms with Crippen LogP contribution in [0.4, 0.5) is 0 Å². The van der Waals surface area contributed by atoms with E-state index in [-0.39, 0.29) is 23.7 Å². The minimum Gasteiger partial charge on any atom is -0.497 e. The van der Waals surface area contributed by atoms with E-state index >= 15 is 0 Å². The Kier molecular flexibility index (Phi) is 6.40. The molecule has 8 heteroatoms. The zero-order valence-corrected chi connectivity index (χ0v) is 20.5. The molecule has 0 unspecified atom stereocenters. The fourth-order valence-electron chi connectivity index (χ4n) is 4.65. The fourth-order valence-corrected chi connectivity index (χ4v) is 4.65. The van der Waals surface area contributed by atoms with Crippen LogP contribution in [0.15, 0.2) is 75.9 Å². The Labute approximate surface area is 213 Å². The van der Waals surface area contributed by atoms with Crippen LogP contribution in [0.1, 0.15) is 38.9 Å². The molecule has 5 rings (SSSR count). The number of carbonyl (C=O) groups excluding carboxylic acids is 2. The Morgan fingerprint density at radius 2 is 1.70 bits per heavy atom. The fraction of sp³-hybridized carbons (Fsp3) is 0.207. The van der Waals surface area contributed by atoms with Gasteiger partial charge in [-0.1, -0.05) is 35.9 Å². The first-order chi connectivity index (χ1) is 17.9. The Bertz CT molecular complexity index is 1540. The number of nitrogens with two attached hydrogens (primary N) is 1. The minimum atomic E-state index is -0.632. The molecule has 2 N–H and O–H groups in total. The van der Waals surface area contributed by atoms with E-state index in [0.717, 1.165) is 22.4 Å². The number of nitrogens with zero attached hydrogens (tertiary/aromatic N) is 1. The molecular formula is C29H26N2O6. The average Bonchev–Trinajstić information content (AvgIpc) is 3.18. The van der Waals surface area contributed by atoms with Gasteiger partial charge >= 0.3 is 0 Å². The van der Waals surface area contributed by atoms with Crippen molar-refractivity contribution in [1.82, 2.24) is 4.90 Å². The number of amides is 2. The number of fused-ring (bicyclic) bond motifs is 2. The highest BCUT2D eigenvalue weighted by molar-refractivity contribution is 5.99. The van der Waals surface area contributed by atoms with E-state index < -0.39 is 11.9 Å². The summed E-state index contributed by atoms with van der Waals surface area (Å²) in [6.07, 6.45) is 0.576. The van der Waals surface area contributed by atoms with E-state index in [1.165, 1.54) is 0 Å². The van der Waals surface area contributed by atoms with Crippen molar-refractivity contribution in [2.75, 3.05) is 20.3 Å². The van der Waals surface area contributed by atoms with Gasteiger partial charge in [-0.05, 0) is 60.9 Å². The second-order valence-electron chi connectivity index (χ2n) is 9.00. The molecule has 4 aromatic rings. The summed E-state index contributed by atoms with van der Waals surface area (Å²) in [5.41, 5.74) is 8.33. The third-order valence-corrected chi connectivity index (χ3v) is 6.50. The van der Waals surface area contributed by atoms with E-state index in [0.29, 0.717) is 35.2 Å². The Balaban J connectivity index is 1.55. The van der Waals surface area contributed by atoms with E-state index in [4.69, 9.17) is 19.6 Å². The topological polar surface area (TPSA) is 112 Å². The number of hydrogen-bond donors (Lipinski definition) is 1. The zero-order valence-electron chi connectivity index (χ0n) is 20.5. The molecule has 37 heavy (non-hydrogen) atoms. The third-order valence-electron chi connectivity index (χ3n) is 6.50. The van der Waals surface area contributed by atoms with Gasteiger partial charge in [0.2, 0.25) is 5.76 Å². The predicted molar refractivity (Wildman–Crippen MR) is 138 cm³/mol. The highest BCUT2D eigenvalue weighted by Crippen LogP contribution is 2.38. The lowest BCUT2D eigenvalue weighted by Crippen LogP contribution is -2.31. The molecule has 0 aliphatic carbocycles. The van der Waals surface area contributed by atoms with Crippen molar-refractivity contribution in [3.63, 3.8) is 0 Å². The molecule has 0 fully saturated rings. The minimum absolute atomic E-state index is 0.0649. The highest BCUT2D eigenvalue weighted by atomic mass is 16.5. The van der Waals surface area contributed by atoms with Crippen LogP contribution >= 0.6 is 0 Å². The normalized spacial score (nSPS) is 14.6. The number of carbonyl (C=O) groups is 2. The number of hydrogen-bond acceptors (Lipinski definition) is 6. The molecule has 0 spiro atoms. The molecule has 3 aromatic carbocycles. The van der Waals surface area contributed by atoms with Crippen LogP contribution in [0, 0.1) is 6.92 Å². The summed E-state index contributed by atoms with van der Waals surface area (Å²) in [7, 11) is 1.61. The van der Waals surface area contributed by atoms with Gasteiger partial charge in [0.1, 0.15) is 17.1 Å². The number of ether oxygens (including phenoxy) is 2. The Morgan fingerprint density at radius 1 is 1.00 bits per heavy atom. The van der Waals surface area contributed by atoms with Crippen molar-refractivity contribution < 1.29 is 23.5 Å². The van der Waals surface area contributed by atoms with Crippen molar-refractivity contribution in [2.45, 2.75) is 19.4 Å². The quantitative estimate of drug-likeness (QED) is 0.396. The van der Waals surface area contributed by atoms with Crippen LogP contribution in [0.3, 0.4) is 0 Å². The van der Waals surface area contributed by atoms with Gasteiger partial charge in [0, 0.05) is 6.54 Å². The molecule has 0 radical (unpaired) electrons. The maximum Gasteiger partial charge on any atom is 0.290 e. The van der Waals surface area contributed by atoms with Gasteiger partial charge in [0.15, 0.2) is 12.0 Å². The van der Waals surface area contributed by atoms with Crippen LogP contribution in [0.2, 0.25) is 0 Å². The maximum absolute atomic E-state index is 13.7. The number of benzene rings is 3. The molecular weight excluding hydrogens is 472 g/mol. The van der Waals surface area contributed by atoms with Gasteiger partial charge in [0.25, 0.3) is 11.8 Å². The summed E-state index contributed by atoms with van der Waals surface area (Å²) >= 11 is 0. The first kappa shape index (κ1) is 24.1. The lowest BCUT2D eigenvalue weighted by molar-refractivity contribution is -0.119. The Hall–Kier alpha value is -4.59. The van der Waals surface area contributed by atoms with E-state index in [2.05, 4.69) is 0 Å². The van der Waals surface area contributed by atoms with Crippen LogP contribution in [0.25, 0.3) is 11.0 Å². The first-order valence-electron chi connectivity index (χ1n) is 11.9.